The number of piperidine rings is 1. The molecule has 106 valence electrons. The average molecular weight is 263 g/mol. The molecule has 1 aromatic rings. The molecule has 1 fully saturated rings. The Kier molecular flexibility index (Phi) is 5.16. The van der Waals surface area contributed by atoms with Gasteiger partial charge in [0.25, 0.3) is 0 Å². The monoisotopic (exact) mass is 263 g/mol. The van der Waals surface area contributed by atoms with Gasteiger partial charge in [-0.3, -0.25) is 0 Å². The first-order valence-electron chi connectivity index (χ1n) is 7.21. The highest BCUT2D eigenvalue weighted by Gasteiger charge is 2.19. The minimum Gasteiger partial charge on any atom is -0.381 e. The van der Waals surface area contributed by atoms with Gasteiger partial charge in [-0.15, -0.1) is 0 Å². The molecular formula is C15H25N3O. The summed E-state index contributed by atoms with van der Waals surface area (Å²) in [6.45, 7) is 7.34. The number of nitrogens with zero attached hydrogens (tertiary/aromatic N) is 2. The molecule has 1 aromatic heterocycles. The minimum absolute atomic E-state index is 0.366. The van der Waals surface area contributed by atoms with Crippen LogP contribution in [0, 0.1) is 0 Å². The van der Waals surface area contributed by atoms with Crippen molar-refractivity contribution in [1.29, 1.82) is 0 Å². The van der Waals surface area contributed by atoms with E-state index in [0.29, 0.717) is 12.1 Å². The van der Waals surface area contributed by atoms with E-state index in [1.807, 2.05) is 6.20 Å². The van der Waals surface area contributed by atoms with Gasteiger partial charge >= 0.3 is 0 Å². The molecular weight excluding hydrogens is 238 g/mol. The highest BCUT2D eigenvalue weighted by molar-refractivity contribution is 5.40. The number of methoxy groups -OCH3 is 1. The lowest BCUT2D eigenvalue weighted by Gasteiger charge is -2.32. The fourth-order valence-corrected chi connectivity index (χ4v) is 2.59. The van der Waals surface area contributed by atoms with E-state index < -0.39 is 0 Å². The van der Waals surface area contributed by atoms with Crippen LogP contribution in [-0.4, -0.2) is 37.8 Å². The first kappa shape index (κ1) is 14.3. The second-order valence-electron chi connectivity index (χ2n) is 5.15. The van der Waals surface area contributed by atoms with Crippen LogP contribution in [0.2, 0.25) is 0 Å². The summed E-state index contributed by atoms with van der Waals surface area (Å²) in [5.41, 5.74) is 1.25. The SMILES string of the molecule is CCNC(C)c1ccc(N2CCC(OC)CC2)nc1. The number of pyridine rings is 1. The first-order valence-corrected chi connectivity index (χ1v) is 7.21. The van der Waals surface area contributed by atoms with Crippen LogP contribution >= 0.6 is 0 Å². The van der Waals surface area contributed by atoms with E-state index in [2.05, 4.69) is 41.2 Å². The van der Waals surface area contributed by atoms with Crippen LogP contribution in [-0.2, 0) is 4.74 Å². The minimum atomic E-state index is 0.366. The maximum Gasteiger partial charge on any atom is 0.128 e. The quantitative estimate of drug-likeness (QED) is 0.885. The summed E-state index contributed by atoms with van der Waals surface area (Å²) in [7, 11) is 1.80. The van der Waals surface area contributed by atoms with Crippen LogP contribution in [0.25, 0.3) is 0 Å². The molecule has 1 atom stereocenters. The smallest absolute Gasteiger partial charge is 0.128 e. The number of hydrogen-bond acceptors (Lipinski definition) is 4. The Hall–Kier alpha value is -1.13. The van der Waals surface area contributed by atoms with E-state index in [0.717, 1.165) is 38.3 Å². The van der Waals surface area contributed by atoms with Gasteiger partial charge in [0.1, 0.15) is 5.82 Å². The summed E-state index contributed by atoms with van der Waals surface area (Å²) in [6, 6.07) is 4.68. The third-order valence-corrected chi connectivity index (χ3v) is 3.88. The van der Waals surface area contributed by atoms with Gasteiger partial charge in [0.15, 0.2) is 0 Å². The molecule has 4 heteroatoms. The molecule has 2 rings (SSSR count). The van der Waals surface area contributed by atoms with Gasteiger partial charge in [0.2, 0.25) is 0 Å². The summed E-state index contributed by atoms with van der Waals surface area (Å²) >= 11 is 0. The predicted octanol–water partition coefficient (Wildman–Crippen LogP) is 2.37. The van der Waals surface area contributed by atoms with Gasteiger partial charge < -0.3 is 15.0 Å². The van der Waals surface area contributed by atoms with Crippen molar-refractivity contribution in [3.05, 3.63) is 23.9 Å². The van der Waals surface area contributed by atoms with Gasteiger partial charge in [-0.25, -0.2) is 4.98 Å². The zero-order valence-electron chi connectivity index (χ0n) is 12.2. The molecule has 1 N–H and O–H groups in total. The topological polar surface area (TPSA) is 37.4 Å². The van der Waals surface area contributed by atoms with Crippen LogP contribution in [0.1, 0.15) is 38.3 Å². The third kappa shape index (κ3) is 3.67. The third-order valence-electron chi connectivity index (χ3n) is 3.88. The van der Waals surface area contributed by atoms with Crippen LogP contribution in [0.5, 0.6) is 0 Å². The largest absolute Gasteiger partial charge is 0.381 e. The molecule has 2 heterocycles. The molecule has 1 saturated heterocycles. The van der Waals surface area contributed by atoms with E-state index in [-0.39, 0.29) is 0 Å². The van der Waals surface area contributed by atoms with Crippen LogP contribution in [0.4, 0.5) is 5.82 Å². The molecule has 0 amide bonds. The van der Waals surface area contributed by atoms with Crippen LogP contribution < -0.4 is 10.2 Å². The van der Waals surface area contributed by atoms with Crippen LogP contribution in [0.3, 0.4) is 0 Å². The van der Waals surface area contributed by atoms with Gasteiger partial charge in [-0.1, -0.05) is 13.0 Å². The second-order valence-corrected chi connectivity index (χ2v) is 5.15. The number of hydrogen-bond donors (Lipinski definition) is 1. The van der Waals surface area contributed by atoms with E-state index in [4.69, 9.17) is 4.74 Å². The molecule has 0 aromatic carbocycles. The predicted molar refractivity (Wildman–Crippen MR) is 78.6 cm³/mol. The average Bonchev–Trinajstić information content (AvgIpc) is 2.48. The van der Waals surface area contributed by atoms with Crippen molar-refractivity contribution >= 4 is 5.82 Å². The molecule has 1 aliphatic rings. The summed E-state index contributed by atoms with van der Waals surface area (Å²) in [6.07, 6.45) is 4.59. The molecule has 19 heavy (non-hydrogen) atoms. The molecule has 0 bridgehead atoms. The highest BCUT2D eigenvalue weighted by Crippen LogP contribution is 2.20. The van der Waals surface area contributed by atoms with Gasteiger partial charge in [-0.2, -0.15) is 0 Å². The van der Waals surface area contributed by atoms with E-state index >= 15 is 0 Å². The van der Waals surface area contributed by atoms with Crippen molar-refractivity contribution in [2.75, 3.05) is 31.6 Å². The Morgan fingerprint density at radius 3 is 2.68 bits per heavy atom. The van der Waals surface area contributed by atoms with Crippen molar-refractivity contribution < 1.29 is 4.74 Å². The Labute approximate surface area is 116 Å². The molecule has 0 saturated carbocycles. The van der Waals surface area contributed by atoms with Gasteiger partial charge in [-0.05, 0) is 37.9 Å². The molecule has 0 aliphatic carbocycles. The van der Waals surface area contributed by atoms with Crippen molar-refractivity contribution in [2.45, 2.75) is 38.8 Å². The Balaban J connectivity index is 1.95. The maximum absolute atomic E-state index is 5.40. The van der Waals surface area contributed by atoms with Crippen LogP contribution in [0.15, 0.2) is 18.3 Å². The molecule has 0 spiro atoms. The fourth-order valence-electron chi connectivity index (χ4n) is 2.59. The summed E-state index contributed by atoms with van der Waals surface area (Å²) in [4.78, 5) is 6.95. The molecule has 4 nitrogen and oxygen atoms in total. The van der Waals surface area contributed by atoms with Crippen molar-refractivity contribution in [3.63, 3.8) is 0 Å². The molecule has 0 radical (unpaired) electrons. The summed E-state index contributed by atoms with van der Waals surface area (Å²) < 4.78 is 5.40. The number of rotatable bonds is 5. The Morgan fingerprint density at radius 2 is 2.16 bits per heavy atom. The zero-order chi connectivity index (χ0) is 13.7. The lowest BCUT2D eigenvalue weighted by molar-refractivity contribution is 0.0818. The molecule has 1 unspecified atom stereocenters. The fraction of sp³-hybridized carbons (Fsp3) is 0.667. The van der Waals surface area contributed by atoms with Gasteiger partial charge in [0.05, 0.1) is 6.10 Å². The van der Waals surface area contributed by atoms with Crippen molar-refractivity contribution in [1.82, 2.24) is 10.3 Å². The van der Waals surface area contributed by atoms with E-state index in [1.165, 1.54) is 5.56 Å². The van der Waals surface area contributed by atoms with Gasteiger partial charge in [0, 0.05) is 32.4 Å². The standard InChI is InChI=1S/C15H25N3O/c1-4-16-12(2)13-5-6-15(17-11-13)18-9-7-14(19-3)8-10-18/h5-6,11-12,14,16H,4,7-10H2,1-3H3. The number of anilines is 1. The number of aromatic nitrogens is 1. The zero-order valence-corrected chi connectivity index (χ0v) is 12.2. The van der Waals surface area contributed by atoms with Crippen molar-refractivity contribution in [2.24, 2.45) is 0 Å². The number of ether oxygens (including phenoxy) is 1. The normalized spacial score (nSPS) is 18.6. The van der Waals surface area contributed by atoms with E-state index in [1.54, 1.807) is 7.11 Å². The first-order chi connectivity index (χ1) is 9.24. The van der Waals surface area contributed by atoms with Crippen molar-refractivity contribution in [3.8, 4) is 0 Å². The number of nitrogens with one attached hydrogen (secondary N) is 1. The second kappa shape index (κ2) is 6.87. The Morgan fingerprint density at radius 1 is 1.42 bits per heavy atom. The highest BCUT2D eigenvalue weighted by atomic mass is 16.5. The lowest BCUT2D eigenvalue weighted by atomic mass is 10.1. The Bertz CT molecular complexity index is 371. The maximum atomic E-state index is 5.40. The molecule has 1 aliphatic heterocycles. The summed E-state index contributed by atoms with van der Waals surface area (Å²) in [5.74, 6) is 1.09. The van der Waals surface area contributed by atoms with E-state index in [9.17, 15) is 0 Å². The lowest BCUT2D eigenvalue weighted by Crippen LogP contribution is -2.37. The summed E-state index contributed by atoms with van der Waals surface area (Å²) in [5, 5.41) is 3.40.